The maximum atomic E-state index is 14.6. The lowest BCUT2D eigenvalue weighted by atomic mass is 9.95. The van der Waals surface area contributed by atoms with Crippen LogP contribution >= 0.6 is 0 Å². The van der Waals surface area contributed by atoms with Crippen molar-refractivity contribution in [1.82, 2.24) is 5.32 Å². The summed E-state index contributed by atoms with van der Waals surface area (Å²) in [6.45, 7) is 3.82. The van der Waals surface area contributed by atoms with E-state index in [9.17, 15) is 18.8 Å². The van der Waals surface area contributed by atoms with E-state index in [1.807, 2.05) is 54.6 Å². The van der Waals surface area contributed by atoms with Gasteiger partial charge in [-0.3, -0.25) is 9.59 Å². The molecule has 0 aromatic heterocycles. The summed E-state index contributed by atoms with van der Waals surface area (Å²) in [4.78, 5) is 36.4. The third-order valence-electron chi connectivity index (χ3n) is 5.85. The number of rotatable bonds is 8. The number of hydrogen-bond acceptors (Lipinski definition) is 4. The number of esters is 1. The van der Waals surface area contributed by atoms with Crippen molar-refractivity contribution in [3.63, 3.8) is 0 Å². The van der Waals surface area contributed by atoms with Crippen molar-refractivity contribution in [2.75, 3.05) is 11.9 Å². The zero-order valence-corrected chi connectivity index (χ0v) is 21.1. The van der Waals surface area contributed by atoms with E-state index < -0.39 is 17.7 Å². The molecule has 0 radical (unpaired) electrons. The summed E-state index contributed by atoms with van der Waals surface area (Å²) in [5.41, 5.74) is 3.52. The van der Waals surface area contributed by atoms with Gasteiger partial charge in [-0.1, -0.05) is 48.5 Å². The van der Waals surface area contributed by atoms with Crippen LogP contribution in [0.1, 0.15) is 35.3 Å². The molecular weight excluding hydrogens is 483 g/mol. The van der Waals surface area contributed by atoms with Gasteiger partial charge in [-0.05, 0) is 76.4 Å². The third kappa shape index (κ3) is 6.50. The number of anilines is 1. The van der Waals surface area contributed by atoms with Gasteiger partial charge in [-0.15, -0.1) is 0 Å². The van der Waals surface area contributed by atoms with Crippen molar-refractivity contribution in [2.45, 2.75) is 20.4 Å². The largest absolute Gasteiger partial charge is 0.463 e. The summed E-state index contributed by atoms with van der Waals surface area (Å²) in [6.07, 6.45) is 2.75. The van der Waals surface area contributed by atoms with Crippen LogP contribution in [0.3, 0.4) is 0 Å². The second-order valence-electron chi connectivity index (χ2n) is 8.63. The van der Waals surface area contributed by atoms with Gasteiger partial charge in [0.05, 0.1) is 12.3 Å². The second kappa shape index (κ2) is 12.0. The molecule has 6 nitrogen and oxygen atoms in total. The van der Waals surface area contributed by atoms with Gasteiger partial charge < -0.3 is 15.4 Å². The Bertz CT molecular complexity index is 1540. The highest BCUT2D eigenvalue weighted by molar-refractivity contribution is 6.14. The number of carbonyl (C=O) groups excluding carboxylic acids is 3. The average molecular weight is 511 g/mol. The van der Waals surface area contributed by atoms with E-state index in [1.54, 1.807) is 13.0 Å². The molecule has 4 rings (SSSR count). The number of amides is 2. The predicted octanol–water partition coefficient (Wildman–Crippen LogP) is 6.11. The molecule has 0 atom stereocenters. The maximum absolute atomic E-state index is 14.6. The van der Waals surface area contributed by atoms with Crippen LogP contribution in [0.4, 0.5) is 10.1 Å². The van der Waals surface area contributed by atoms with Crippen molar-refractivity contribution in [1.29, 1.82) is 0 Å². The van der Waals surface area contributed by atoms with Gasteiger partial charge in [0, 0.05) is 25.1 Å². The minimum absolute atomic E-state index is 0.00667. The first-order chi connectivity index (χ1) is 18.3. The molecule has 2 N–H and O–H groups in total. The van der Waals surface area contributed by atoms with Gasteiger partial charge in [0.15, 0.2) is 0 Å². The Labute approximate surface area is 220 Å². The molecule has 0 aliphatic rings. The first-order valence-corrected chi connectivity index (χ1v) is 12.2. The number of benzene rings is 4. The molecule has 4 aromatic rings. The van der Waals surface area contributed by atoms with E-state index in [1.165, 1.54) is 37.3 Å². The minimum Gasteiger partial charge on any atom is -0.463 e. The zero-order valence-electron chi connectivity index (χ0n) is 21.1. The Morgan fingerprint density at radius 1 is 0.921 bits per heavy atom. The molecule has 192 valence electrons. The van der Waals surface area contributed by atoms with Gasteiger partial charge in [-0.2, -0.15) is 0 Å². The van der Waals surface area contributed by atoms with E-state index in [0.717, 1.165) is 27.5 Å². The van der Waals surface area contributed by atoms with Crippen molar-refractivity contribution in [3.8, 4) is 11.1 Å². The summed E-state index contributed by atoms with van der Waals surface area (Å²) in [7, 11) is 0. The van der Waals surface area contributed by atoms with Gasteiger partial charge in [-0.25, -0.2) is 9.18 Å². The minimum atomic E-state index is -0.599. The van der Waals surface area contributed by atoms with Gasteiger partial charge >= 0.3 is 5.97 Å². The van der Waals surface area contributed by atoms with E-state index in [0.29, 0.717) is 17.7 Å². The topological polar surface area (TPSA) is 84.5 Å². The number of nitrogens with one attached hydrogen (secondary N) is 2. The molecule has 0 unspecified atom stereocenters. The number of carbonyl (C=O) groups is 3. The number of ether oxygens (including phenoxy) is 1. The summed E-state index contributed by atoms with van der Waals surface area (Å²) in [5.74, 6) is -1.69. The highest BCUT2D eigenvalue weighted by Crippen LogP contribution is 2.29. The fraction of sp³-hybridized carbons (Fsp3) is 0.129. The molecule has 0 bridgehead atoms. The molecule has 0 saturated heterocycles. The standard InChI is InChI=1S/C31H27FN2O4/c1-3-38-30(36)14-12-21-11-13-28(32)29(16-21)34-31(37)27-18-25(17-24-8-4-5-10-26(24)27)23-9-6-7-22(15-23)19-33-20(2)35/h4-18H,3,19H2,1-2H3,(H,33,35)(H,34,37)/b14-12+. The Balaban J connectivity index is 1.67. The SMILES string of the molecule is CCOC(=O)/C=C/c1ccc(F)c(NC(=O)c2cc(-c3cccc(CNC(C)=O)c3)cc3ccccc23)c1. The quantitative estimate of drug-likeness (QED) is 0.221. The second-order valence-corrected chi connectivity index (χ2v) is 8.63. The highest BCUT2D eigenvalue weighted by atomic mass is 19.1. The summed E-state index contributed by atoms with van der Waals surface area (Å²) in [6, 6.07) is 23.2. The zero-order chi connectivity index (χ0) is 27.1. The summed E-state index contributed by atoms with van der Waals surface area (Å²) >= 11 is 0. The average Bonchev–Trinajstić information content (AvgIpc) is 2.92. The smallest absolute Gasteiger partial charge is 0.330 e. The lowest BCUT2D eigenvalue weighted by Gasteiger charge is -2.13. The number of halogens is 1. The maximum Gasteiger partial charge on any atom is 0.330 e. The van der Waals surface area contributed by atoms with Crippen LogP contribution in [-0.4, -0.2) is 24.4 Å². The van der Waals surface area contributed by atoms with Crippen molar-refractivity contribution in [3.05, 3.63) is 107 Å². The Morgan fingerprint density at radius 2 is 1.74 bits per heavy atom. The van der Waals surface area contributed by atoms with Gasteiger partial charge in [0.1, 0.15) is 5.82 Å². The van der Waals surface area contributed by atoms with Crippen LogP contribution in [0.5, 0.6) is 0 Å². The molecule has 7 heteroatoms. The normalized spacial score (nSPS) is 10.9. The highest BCUT2D eigenvalue weighted by Gasteiger charge is 2.15. The molecular formula is C31H27FN2O4. The van der Waals surface area contributed by atoms with Crippen LogP contribution in [0.2, 0.25) is 0 Å². The molecule has 2 amide bonds. The van der Waals surface area contributed by atoms with E-state index in [4.69, 9.17) is 4.74 Å². The van der Waals surface area contributed by atoms with E-state index >= 15 is 0 Å². The lowest BCUT2D eigenvalue weighted by Crippen LogP contribution is -2.18. The van der Waals surface area contributed by atoms with Crippen LogP contribution in [0.15, 0.2) is 84.9 Å². The molecule has 0 spiro atoms. The Morgan fingerprint density at radius 3 is 2.53 bits per heavy atom. The predicted molar refractivity (Wildman–Crippen MR) is 147 cm³/mol. The van der Waals surface area contributed by atoms with Gasteiger partial charge in [0.25, 0.3) is 5.91 Å². The number of fused-ring (bicyclic) bond motifs is 1. The van der Waals surface area contributed by atoms with Crippen LogP contribution < -0.4 is 10.6 Å². The molecule has 0 heterocycles. The van der Waals surface area contributed by atoms with Crippen LogP contribution in [0.25, 0.3) is 28.0 Å². The molecule has 0 aliphatic carbocycles. The van der Waals surface area contributed by atoms with E-state index in [-0.39, 0.29) is 18.2 Å². The molecule has 0 aliphatic heterocycles. The monoisotopic (exact) mass is 510 g/mol. The van der Waals surface area contributed by atoms with Gasteiger partial charge in [0.2, 0.25) is 5.91 Å². The number of hydrogen-bond donors (Lipinski definition) is 2. The molecule has 38 heavy (non-hydrogen) atoms. The van der Waals surface area contributed by atoms with Crippen LogP contribution in [-0.2, 0) is 20.9 Å². The Hall–Kier alpha value is -4.78. The molecule has 0 saturated carbocycles. The van der Waals surface area contributed by atoms with Crippen molar-refractivity contribution in [2.24, 2.45) is 0 Å². The lowest BCUT2D eigenvalue weighted by molar-refractivity contribution is -0.137. The fourth-order valence-corrected chi connectivity index (χ4v) is 4.04. The first kappa shape index (κ1) is 26.3. The summed E-state index contributed by atoms with van der Waals surface area (Å²) in [5, 5.41) is 7.05. The van der Waals surface area contributed by atoms with Crippen LogP contribution in [0, 0.1) is 5.82 Å². The van der Waals surface area contributed by atoms with Crippen molar-refractivity contribution >= 4 is 40.3 Å². The summed E-state index contributed by atoms with van der Waals surface area (Å²) < 4.78 is 19.5. The van der Waals surface area contributed by atoms with Crippen molar-refractivity contribution < 1.29 is 23.5 Å². The first-order valence-electron chi connectivity index (χ1n) is 12.2. The fourth-order valence-electron chi connectivity index (χ4n) is 4.04. The van der Waals surface area contributed by atoms with E-state index in [2.05, 4.69) is 10.6 Å². The Kier molecular flexibility index (Phi) is 8.28. The molecule has 4 aromatic carbocycles. The molecule has 0 fully saturated rings. The third-order valence-corrected chi connectivity index (χ3v) is 5.85.